The predicted octanol–water partition coefficient (Wildman–Crippen LogP) is 7.54. The van der Waals surface area contributed by atoms with Crippen LogP contribution in [0.15, 0.2) is 84.5 Å². The van der Waals surface area contributed by atoms with Crippen LogP contribution in [0.4, 0.5) is 20.2 Å². The third-order valence-corrected chi connectivity index (χ3v) is 9.61. The lowest BCUT2D eigenvalue weighted by molar-refractivity contribution is -0.124. The summed E-state index contributed by atoms with van der Waals surface area (Å²) in [6.07, 6.45) is 11.6. The third kappa shape index (κ3) is 13.2. The summed E-state index contributed by atoms with van der Waals surface area (Å²) >= 11 is 0. The maximum Gasteiger partial charge on any atom is 0.259 e. The lowest BCUT2D eigenvalue weighted by Crippen LogP contribution is -2.47. The number of nitrogens with zero attached hydrogens (tertiary/aromatic N) is 4. The predicted molar refractivity (Wildman–Crippen MR) is 226 cm³/mol. The second-order valence-corrected chi connectivity index (χ2v) is 13.3. The molecule has 2 amide bonds. The summed E-state index contributed by atoms with van der Waals surface area (Å²) in [6.45, 7) is 8.30. The Morgan fingerprint density at radius 3 is 2.16 bits per heavy atom. The molecule has 0 spiro atoms. The maximum atomic E-state index is 15.4. The molecule has 58 heavy (non-hydrogen) atoms. The molecule has 0 bridgehead atoms. The third-order valence-electron chi connectivity index (χ3n) is 9.61. The summed E-state index contributed by atoms with van der Waals surface area (Å²) in [5.41, 5.74) is 10.0. The number of nitriles is 2. The van der Waals surface area contributed by atoms with E-state index < -0.39 is 6.04 Å². The summed E-state index contributed by atoms with van der Waals surface area (Å²) in [6, 6.07) is 18.5. The first-order valence-electron chi connectivity index (χ1n) is 19.2. The van der Waals surface area contributed by atoms with Gasteiger partial charge in [-0.2, -0.15) is 10.5 Å². The van der Waals surface area contributed by atoms with E-state index in [0.29, 0.717) is 59.1 Å². The van der Waals surface area contributed by atoms with E-state index in [1.54, 1.807) is 49.4 Å². The molecule has 306 valence electrons. The van der Waals surface area contributed by atoms with Gasteiger partial charge in [-0.3, -0.25) is 14.5 Å². The Morgan fingerprint density at radius 2 is 1.62 bits per heavy atom. The van der Waals surface area contributed by atoms with Crippen molar-refractivity contribution in [3.05, 3.63) is 124 Å². The minimum absolute atomic E-state index is 0.135. The van der Waals surface area contributed by atoms with E-state index in [4.69, 9.17) is 15.3 Å². The second-order valence-electron chi connectivity index (χ2n) is 13.3. The van der Waals surface area contributed by atoms with Gasteiger partial charge in [0.25, 0.3) is 5.91 Å². The van der Waals surface area contributed by atoms with Gasteiger partial charge in [0.15, 0.2) is 0 Å². The Bertz CT molecular complexity index is 2060. The summed E-state index contributed by atoms with van der Waals surface area (Å²) in [5.74, 6) is -1.01. The number of hydrogen-bond acceptors (Lipinski definition) is 8. The number of aldehydes is 2. The molecule has 2 heterocycles. The van der Waals surface area contributed by atoms with Crippen molar-refractivity contribution >= 4 is 41.3 Å². The zero-order valence-electron chi connectivity index (χ0n) is 34.2. The highest BCUT2D eigenvalue weighted by Crippen LogP contribution is 2.40. The number of allylic oxidation sites excluding steroid dienone is 5. The van der Waals surface area contributed by atoms with E-state index in [1.165, 1.54) is 32.0 Å². The summed E-state index contributed by atoms with van der Waals surface area (Å²) < 4.78 is 29.9. The molecule has 2 aliphatic heterocycles. The van der Waals surface area contributed by atoms with E-state index in [-0.39, 0.29) is 36.3 Å². The molecule has 0 saturated carbocycles. The van der Waals surface area contributed by atoms with Crippen LogP contribution in [-0.4, -0.2) is 57.6 Å². The topological polar surface area (TPSA) is 160 Å². The number of nitrogens with one attached hydrogen (secondary N) is 1. The molecule has 1 atom stereocenters. The molecule has 0 aromatic heterocycles. The smallest absolute Gasteiger partial charge is 0.259 e. The number of carbonyl (C=O) groups is 4. The number of piperidine rings is 1. The Labute approximate surface area is 341 Å². The second kappa shape index (κ2) is 25.1. The van der Waals surface area contributed by atoms with Gasteiger partial charge in [-0.15, -0.1) is 0 Å². The normalized spacial score (nSPS) is 14.7. The molecule has 10 nitrogen and oxygen atoms in total. The van der Waals surface area contributed by atoms with Crippen molar-refractivity contribution in [3.8, 4) is 12.1 Å². The molecule has 3 aromatic carbocycles. The van der Waals surface area contributed by atoms with E-state index in [0.717, 1.165) is 48.5 Å². The number of rotatable bonds is 11. The molecular formula is C46H54F2N6O4. The van der Waals surface area contributed by atoms with Crippen molar-refractivity contribution in [1.29, 1.82) is 10.5 Å². The standard InChI is InChI=1S/C38H38F2N4O3.C5H7N.C2H4O.CH5N/c1-3-4-6-30-31-21-27(9-12-34(31)44(38(30)47)36(7-5-18-45)37(46)42-2)20-29-11-8-26(22-32(29)39)19-25-14-16-43(17-15-25)35-13-10-28(24-41)23-33(35)40;1-3-5(2)4-6;1-2-3;1-2/h3-4,6,8-13,18,21-23,25,36H,5,7,14-17,19-20H2,1-2H3,(H,42,46);3H,1-2H3;2H,1H3;2H2,1H3/b4-3-,30-6+;5-3+;;. The van der Waals surface area contributed by atoms with Crippen LogP contribution < -0.4 is 20.9 Å². The first kappa shape index (κ1) is 47.9. The zero-order valence-corrected chi connectivity index (χ0v) is 34.2. The number of anilines is 2. The molecular weight excluding hydrogens is 739 g/mol. The number of benzene rings is 3. The van der Waals surface area contributed by atoms with Gasteiger partial charge < -0.3 is 25.5 Å². The van der Waals surface area contributed by atoms with Crippen LogP contribution in [0.2, 0.25) is 0 Å². The fourth-order valence-electron chi connectivity index (χ4n) is 6.60. The van der Waals surface area contributed by atoms with E-state index in [1.807, 2.05) is 61.2 Å². The van der Waals surface area contributed by atoms with Crippen molar-refractivity contribution in [1.82, 2.24) is 5.32 Å². The number of likely N-dealkylation sites (N-methyl/N-ethyl adjacent to an activating group) is 1. The summed E-state index contributed by atoms with van der Waals surface area (Å²) in [4.78, 5) is 49.8. The largest absolute Gasteiger partial charge is 0.369 e. The van der Waals surface area contributed by atoms with Crippen LogP contribution in [0.5, 0.6) is 0 Å². The zero-order chi connectivity index (χ0) is 43.2. The number of hydrogen-bond donors (Lipinski definition) is 2. The van der Waals surface area contributed by atoms with Crippen LogP contribution in [0, 0.1) is 40.2 Å². The van der Waals surface area contributed by atoms with E-state index in [2.05, 4.69) is 11.1 Å². The highest BCUT2D eigenvalue weighted by atomic mass is 19.1. The van der Waals surface area contributed by atoms with Crippen molar-refractivity contribution < 1.29 is 28.0 Å². The lowest BCUT2D eigenvalue weighted by atomic mass is 9.89. The van der Waals surface area contributed by atoms with Gasteiger partial charge in [-0.25, -0.2) is 8.78 Å². The van der Waals surface area contributed by atoms with Gasteiger partial charge in [-0.05, 0) is 126 Å². The highest BCUT2D eigenvalue weighted by molar-refractivity contribution is 6.34. The molecule has 3 N–H and O–H groups in total. The Hall–Kier alpha value is -6.24. The highest BCUT2D eigenvalue weighted by Gasteiger charge is 2.39. The fraction of sp³-hybridized carbons (Fsp3) is 0.348. The molecule has 2 aliphatic rings. The van der Waals surface area contributed by atoms with Crippen molar-refractivity contribution in [3.63, 3.8) is 0 Å². The van der Waals surface area contributed by atoms with Crippen LogP contribution >= 0.6 is 0 Å². The molecule has 1 unspecified atom stereocenters. The summed E-state index contributed by atoms with van der Waals surface area (Å²) in [5, 5.41) is 19.6. The summed E-state index contributed by atoms with van der Waals surface area (Å²) in [7, 11) is 3.00. The molecule has 12 heteroatoms. The van der Waals surface area contributed by atoms with Gasteiger partial charge in [0, 0.05) is 49.7 Å². The number of carbonyl (C=O) groups excluding carboxylic acids is 4. The van der Waals surface area contributed by atoms with Crippen LogP contribution in [0.3, 0.4) is 0 Å². The number of halogens is 2. The Balaban J connectivity index is 0.000000941. The first-order valence-corrected chi connectivity index (χ1v) is 19.2. The van der Waals surface area contributed by atoms with Crippen molar-refractivity contribution in [2.24, 2.45) is 11.7 Å². The minimum atomic E-state index is -0.840. The average Bonchev–Trinajstić information content (AvgIpc) is 3.51. The SMILES string of the molecule is C/C=C(\C)C#N.C/C=C\C=C1\C(=O)N(C(CCC=O)C(=O)NC)c2ccc(Cc3ccc(CC4CCN(c5ccc(C#N)cc5F)CC4)cc3F)cc21.CC=O.CN. The van der Waals surface area contributed by atoms with E-state index >= 15 is 4.39 Å². The van der Waals surface area contributed by atoms with Gasteiger partial charge in [0.2, 0.25) is 5.91 Å². The van der Waals surface area contributed by atoms with Gasteiger partial charge in [0.1, 0.15) is 30.2 Å². The minimum Gasteiger partial charge on any atom is -0.369 e. The molecule has 1 saturated heterocycles. The molecule has 0 aliphatic carbocycles. The first-order chi connectivity index (χ1) is 28.0. The maximum absolute atomic E-state index is 15.4. The van der Waals surface area contributed by atoms with Crippen LogP contribution in [0.1, 0.15) is 81.2 Å². The fourth-order valence-corrected chi connectivity index (χ4v) is 6.60. The van der Waals surface area contributed by atoms with Crippen LogP contribution in [-0.2, 0) is 32.0 Å². The molecule has 5 rings (SSSR count). The van der Waals surface area contributed by atoms with Crippen molar-refractivity contribution in [2.45, 2.75) is 72.3 Å². The molecule has 1 fully saturated rings. The number of amides is 2. The lowest BCUT2D eigenvalue weighted by Gasteiger charge is -2.34. The quantitative estimate of drug-likeness (QED) is 0.114. The van der Waals surface area contributed by atoms with E-state index in [9.17, 15) is 18.8 Å². The van der Waals surface area contributed by atoms with Crippen LogP contribution in [0.25, 0.3) is 5.57 Å². The van der Waals surface area contributed by atoms with Crippen molar-refractivity contribution in [2.75, 3.05) is 37.0 Å². The van der Waals surface area contributed by atoms with Gasteiger partial charge in [0.05, 0.1) is 29.1 Å². The Kier molecular flexibility index (Phi) is 20.7. The molecule has 3 aromatic rings. The average molecular weight is 793 g/mol. The monoisotopic (exact) mass is 792 g/mol. The number of nitrogens with two attached hydrogens (primary N) is 1. The van der Waals surface area contributed by atoms with Gasteiger partial charge in [-0.1, -0.05) is 36.4 Å². The molecule has 0 radical (unpaired) electrons. The number of fused-ring (bicyclic) bond motifs is 1. The Morgan fingerprint density at radius 1 is 0.966 bits per heavy atom. The van der Waals surface area contributed by atoms with Gasteiger partial charge >= 0.3 is 0 Å².